The minimum absolute atomic E-state index is 0.0394. The van der Waals surface area contributed by atoms with Crippen molar-refractivity contribution in [2.24, 2.45) is 0 Å². The molecule has 0 saturated heterocycles. The van der Waals surface area contributed by atoms with Gasteiger partial charge in [0.15, 0.2) is 5.78 Å². The molecule has 2 N–H and O–H groups in total. The zero-order valence-corrected chi connectivity index (χ0v) is 23.7. The highest BCUT2D eigenvalue weighted by Gasteiger charge is 2.13. The van der Waals surface area contributed by atoms with Crippen molar-refractivity contribution in [1.29, 1.82) is 0 Å². The summed E-state index contributed by atoms with van der Waals surface area (Å²) < 4.78 is 34.2. The van der Waals surface area contributed by atoms with Crippen LogP contribution in [0.2, 0.25) is 0 Å². The largest absolute Gasteiger partial charge is 0.394 e. The molecule has 7 heteroatoms. The van der Waals surface area contributed by atoms with Crippen molar-refractivity contribution < 1.29 is 22.3 Å². The minimum Gasteiger partial charge on any atom is -0.289 e. The molecule has 41 heavy (non-hydrogen) atoms. The number of carbonyl (C=O) groups excluding carboxylic acids is 1. The summed E-state index contributed by atoms with van der Waals surface area (Å²) in [7, 11) is -4.67. The lowest BCUT2D eigenvalue weighted by molar-refractivity contribution is 0.103. The van der Waals surface area contributed by atoms with Crippen LogP contribution in [0.3, 0.4) is 0 Å². The molecule has 0 aliphatic rings. The van der Waals surface area contributed by atoms with Crippen LogP contribution in [0.15, 0.2) is 121 Å². The Bertz CT molecular complexity index is 1960. The van der Waals surface area contributed by atoms with E-state index in [1.165, 1.54) is 31.3 Å². The third kappa shape index (κ3) is 6.85. The molecule has 0 atom stereocenters. The van der Waals surface area contributed by atoms with Gasteiger partial charge in [-0.2, -0.15) is 8.42 Å². The Morgan fingerprint density at radius 3 is 1.80 bits per heavy atom. The van der Waals surface area contributed by atoms with Gasteiger partial charge in [0.05, 0.1) is 0 Å². The highest BCUT2D eigenvalue weighted by Crippen LogP contribution is 2.38. The van der Waals surface area contributed by atoms with Gasteiger partial charge in [0.25, 0.3) is 0 Å². The predicted molar refractivity (Wildman–Crippen MR) is 168 cm³/mol. The second-order valence-electron chi connectivity index (χ2n) is 9.46. The van der Waals surface area contributed by atoms with Gasteiger partial charge in [0, 0.05) is 31.3 Å². The molecule has 5 nitrogen and oxygen atoms in total. The topological polar surface area (TPSA) is 91.7 Å². The minimum atomic E-state index is -4.67. The molecule has 0 fully saturated rings. The van der Waals surface area contributed by atoms with Crippen molar-refractivity contribution in [1.82, 2.24) is 0 Å². The van der Waals surface area contributed by atoms with Crippen LogP contribution in [0.1, 0.15) is 38.2 Å². The SMILES string of the molecule is Cc1ccc(C(=Cc2cccc3sc4ccccc4c23)c2ccc(C(=O)c3ccccc3)cc2)cc1.O=S(=O)(O)O. The van der Waals surface area contributed by atoms with Crippen LogP contribution in [-0.4, -0.2) is 23.3 Å². The van der Waals surface area contributed by atoms with Gasteiger partial charge in [0.1, 0.15) is 0 Å². The van der Waals surface area contributed by atoms with Gasteiger partial charge in [-0.15, -0.1) is 11.3 Å². The van der Waals surface area contributed by atoms with E-state index in [0.717, 1.165) is 16.7 Å². The molecule has 6 rings (SSSR count). The second kappa shape index (κ2) is 12.0. The lowest BCUT2D eigenvalue weighted by Crippen LogP contribution is -2.01. The summed E-state index contributed by atoms with van der Waals surface area (Å²) in [6, 6.07) is 41.2. The maximum Gasteiger partial charge on any atom is 0.394 e. The second-order valence-corrected chi connectivity index (χ2v) is 11.4. The highest BCUT2D eigenvalue weighted by atomic mass is 32.3. The Morgan fingerprint density at radius 2 is 1.15 bits per heavy atom. The highest BCUT2D eigenvalue weighted by molar-refractivity contribution is 7.79. The number of rotatable bonds is 5. The van der Waals surface area contributed by atoms with Crippen LogP contribution in [-0.2, 0) is 10.4 Å². The van der Waals surface area contributed by atoms with Crippen LogP contribution in [0, 0.1) is 6.92 Å². The fourth-order valence-electron chi connectivity index (χ4n) is 4.70. The molecule has 0 aliphatic carbocycles. The molecule has 0 aliphatic heterocycles. The number of hydrogen-bond donors (Lipinski definition) is 2. The van der Waals surface area contributed by atoms with E-state index in [-0.39, 0.29) is 5.78 Å². The lowest BCUT2D eigenvalue weighted by Gasteiger charge is -2.11. The Hall–Kier alpha value is -4.40. The zero-order valence-electron chi connectivity index (χ0n) is 22.1. The van der Waals surface area contributed by atoms with E-state index in [9.17, 15) is 4.79 Å². The molecular formula is C34H26O5S2. The van der Waals surface area contributed by atoms with E-state index in [4.69, 9.17) is 17.5 Å². The van der Waals surface area contributed by atoms with Gasteiger partial charge in [-0.05, 0) is 47.4 Å². The van der Waals surface area contributed by atoms with Crippen molar-refractivity contribution >= 4 is 59.3 Å². The van der Waals surface area contributed by atoms with Crippen molar-refractivity contribution in [3.63, 3.8) is 0 Å². The van der Waals surface area contributed by atoms with E-state index in [2.05, 4.69) is 91.9 Å². The fraction of sp³-hybridized carbons (Fsp3) is 0.0294. The Balaban J connectivity index is 0.000000623. The molecule has 0 saturated carbocycles. The summed E-state index contributed by atoms with van der Waals surface area (Å²) in [5.74, 6) is 0.0394. The number of fused-ring (bicyclic) bond motifs is 3. The van der Waals surface area contributed by atoms with Crippen molar-refractivity contribution in [2.75, 3.05) is 0 Å². The Morgan fingerprint density at radius 1 is 0.634 bits per heavy atom. The van der Waals surface area contributed by atoms with E-state index in [0.29, 0.717) is 11.1 Å². The summed E-state index contributed by atoms with van der Waals surface area (Å²) in [5.41, 5.74) is 7.20. The molecular weight excluding hydrogens is 553 g/mol. The standard InChI is InChI=1S/C34H24OS.H2O4S/c1-23-14-16-24(17-15-23)30(25-18-20-27(21-19-25)34(35)26-8-3-2-4-9-26)22-28-10-7-13-32-33(28)29-11-5-6-12-31(29)36-32;1-5(2,3)4/h2-22H,1H3;(H2,1,2,3,4). The Labute approximate surface area is 242 Å². The molecule has 0 bridgehead atoms. The summed E-state index contributed by atoms with van der Waals surface area (Å²) in [6.07, 6.45) is 2.29. The van der Waals surface area contributed by atoms with Gasteiger partial charge in [0.2, 0.25) is 0 Å². The number of hydrogen-bond acceptors (Lipinski definition) is 4. The van der Waals surface area contributed by atoms with E-state index in [1.807, 2.05) is 53.8 Å². The van der Waals surface area contributed by atoms with Gasteiger partial charge in [-0.1, -0.05) is 115 Å². The fourth-order valence-corrected chi connectivity index (χ4v) is 5.84. The van der Waals surface area contributed by atoms with Crippen molar-refractivity contribution in [3.8, 4) is 0 Å². The first-order chi connectivity index (χ1) is 19.7. The van der Waals surface area contributed by atoms with E-state index in [1.54, 1.807) is 0 Å². The first-order valence-electron chi connectivity index (χ1n) is 12.8. The third-order valence-electron chi connectivity index (χ3n) is 6.59. The maximum atomic E-state index is 13.0. The molecule has 0 spiro atoms. The average molecular weight is 579 g/mol. The van der Waals surface area contributed by atoms with Gasteiger partial charge < -0.3 is 0 Å². The molecule has 1 aromatic heterocycles. The van der Waals surface area contributed by atoms with Crippen molar-refractivity contribution in [3.05, 3.63) is 155 Å². The predicted octanol–water partition coefficient (Wildman–Crippen LogP) is 8.53. The average Bonchev–Trinajstić information content (AvgIpc) is 3.35. The quantitative estimate of drug-likeness (QED) is 0.122. The molecule has 6 aromatic rings. The summed E-state index contributed by atoms with van der Waals surface area (Å²) in [4.78, 5) is 13.0. The smallest absolute Gasteiger partial charge is 0.289 e. The van der Waals surface area contributed by atoms with Crippen LogP contribution in [0.25, 0.3) is 31.8 Å². The first-order valence-corrected chi connectivity index (χ1v) is 15.0. The molecule has 204 valence electrons. The van der Waals surface area contributed by atoms with Gasteiger partial charge in [-0.25, -0.2) is 0 Å². The summed E-state index contributed by atoms with van der Waals surface area (Å²) in [5, 5.41) is 2.58. The number of benzene rings is 5. The summed E-state index contributed by atoms with van der Waals surface area (Å²) in [6.45, 7) is 2.11. The van der Waals surface area contributed by atoms with E-state index >= 15 is 0 Å². The first kappa shape index (κ1) is 28.1. The zero-order chi connectivity index (χ0) is 29.0. The van der Waals surface area contributed by atoms with Crippen LogP contribution in [0.4, 0.5) is 0 Å². The molecule has 0 amide bonds. The van der Waals surface area contributed by atoms with Crippen molar-refractivity contribution in [2.45, 2.75) is 6.92 Å². The number of carbonyl (C=O) groups is 1. The van der Waals surface area contributed by atoms with E-state index < -0.39 is 10.4 Å². The molecule has 0 unspecified atom stereocenters. The number of aryl methyl sites for hydroxylation is 1. The monoisotopic (exact) mass is 578 g/mol. The normalized spacial score (nSPS) is 11.7. The number of thiophene rings is 1. The summed E-state index contributed by atoms with van der Waals surface area (Å²) >= 11 is 1.83. The van der Waals surface area contributed by atoms with Crippen LogP contribution in [0.5, 0.6) is 0 Å². The number of ketones is 1. The van der Waals surface area contributed by atoms with Gasteiger partial charge in [-0.3, -0.25) is 13.9 Å². The molecule has 5 aromatic carbocycles. The lowest BCUT2D eigenvalue weighted by atomic mass is 9.92. The molecule has 0 radical (unpaired) electrons. The van der Waals surface area contributed by atoms with Gasteiger partial charge >= 0.3 is 10.4 Å². The van der Waals surface area contributed by atoms with Crippen LogP contribution >= 0.6 is 11.3 Å². The van der Waals surface area contributed by atoms with Crippen LogP contribution < -0.4 is 0 Å². The third-order valence-corrected chi connectivity index (χ3v) is 7.73. The maximum absolute atomic E-state index is 13.0. The Kier molecular flexibility index (Phi) is 8.23. The molecule has 1 heterocycles.